The molecule has 10 nitrogen and oxygen atoms in total. The van der Waals surface area contributed by atoms with Crippen molar-refractivity contribution in [3.8, 4) is 17.5 Å². The Kier molecular flexibility index (Phi) is 6.51. The molecule has 0 saturated heterocycles. The van der Waals surface area contributed by atoms with Gasteiger partial charge in [0.25, 0.3) is 5.91 Å². The lowest BCUT2D eigenvalue weighted by molar-refractivity contribution is -0.119. The number of fused-ring (bicyclic) bond motifs is 2. The van der Waals surface area contributed by atoms with Crippen molar-refractivity contribution in [2.45, 2.75) is 44.9 Å². The molecule has 40 heavy (non-hydrogen) atoms. The number of nitrogens with one attached hydrogen (secondary N) is 3. The quantitative estimate of drug-likeness (QED) is 0.276. The number of aliphatic hydroxyl groups is 1. The summed E-state index contributed by atoms with van der Waals surface area (Å²) in [5.74, 6) is -0.686. The first-order valence-electron chi connectivity index (χ1n) is 12.6. The Morgan fingerprint density at radius 1 is 1.23 bits per heavy atom. The van der Waals surface area contributed by atoms with E-state index in [4.69, 9.17) is 0 Å². The third kappa shape index (κ3) is 4.85. The lowest BCUT2D eigenvalue weighted by Gasteiger charge is -2.22. The lowest BCUT2D eigenvalue weighted by atomic mass is 9.86. The minimum Gasteiger partial charge on any atom is -0.387 e. The Bertz CT molecular complexity index is 1700. The summed E-state index contributed by atoms with van der Waals surface area (Å²) in [4.78, 5) is 30.1. The van der Waals surface area contributed by atoms with Gasteiger partial charge in [-0.25, -0.2) is 8.91 Å². The number of amides is 2. The van der Waals surface area contributed by atoms with Gasteiger partial charge in [0, 0.05) is 17.6 Å². The SMILES string of the molecule is CC1(C)C(=O)Nc2ccc(Nc3cc(-c4ccc5cc(C#N)cnn45)ncc3C(=O)NCC(F)C(C)(C)O)cc21. The largest absolute Gasteiger partial charge is 0.387 e. The molecule has 4 heterocycles. The van der Waals surface area contributed by atoms with Crippen molar-refractivity contribution in [2.24, 2.45) is 0 Å². The van der Waals surface area contributed by atoms with Crippen molar-refractivity contribution in [3.05, 3.63) is 71.5 Å². The third-order valence-corrected chi connectivity index (χ3v) is 7.04. The molecule has 4 N–H and O–H groups in total. The van der Waals surface area contributed by atoms with Gasteiger partial charge in [-0.15, -0.1) is 0 Å². The fraction of sp³-hybridized carbons (Fsp3) is 0.276. The van der Waals surface area contributed by atoms with Gasteiger partial charge >= 0.3 is 0 Å². The second-order valence-corrected chi connectivity index (χ2v) is 10.8. The van der Waals surface area contributed by atoms with Crippen LogP contribution in [0.2, 0.25) is 0 Å². The number of carbonyl (C=O) groups is 2. The first-order chi connectivity index (χ1) is 18.9. The van der Waals surface area contributed by atoms with Crippen LogP contribution in [0, 0.1) is 11.3 Å². The Morgan fingerprint density at radius 3 is 2.73 bits per heavy atom. The smallest absolute Gasteiger partial charge is 0.255 e. The van der Waals surface area contributed by atoms with Crippen LogP contribution in [0.3, 0.4) is 0 Å². The monoisotopic (exact) mass is 541 g/mol. The van der Waals surface area contributed by atoms with Crippen LogP contribution in [0.4, 0.5) is 21.5 Å². The van der Waals surface area contributed by atoms with E-state index in [0.29, 0.717) is 33.8 Å². The Balaban J connectivity index is 1.54. The topological polar surface area (TPSA) is 144 Å². The highest BCUT2D eigenvalue weighted by molar-refractivity contribution is 6.06. The van der Waals surface area contributed by atoms with Gasteiger partial charge in [0.05, 0.1) is 57.5 Å². The summed E-state index contributed by atoms with van der Waals surface area (Å²) in [6, 6.07) is 14.5. The molecule has 3 aromatic heterocycles. The molecule has 0 fully saturated rings. The number of anilines is 3. The number of hydrogen-bond donors (Lipinski definition) is 4. The molecule has 0 bridgehead atoms. The molecule has 0 saturated carbocycles. The third-order valence-electron chi connectivity index (χ3n) is 7.04. The summed E-state index contributed by atoms with van der Waals surface area (Å²) in [7, 11) is 0. The first kappa shape index (κ1) is 26.8. The van der Waals surface area contributed by atoms with Gasteiger partial charge in [-0.3, -0.25) is 14.6 Å². The van der Waals surface area contributed by atoms with Crippen molar-refractivity contribution < 1.29 is 19.1 Å². The van der Waals surface area contributed by atoms with Gasteiger partial charge in [-0.05, 0) is 75.7 Å². The van der Waals surface area contributed by atoms with Crippen LogP contribution in [0.25, 0.3) is 16.9 Å². The Hall–Kier alpha value is -4.82. The Labute approximate surface area is 229 Å². The number of rotatable bonds is 7. The van der Waals surface area contributed by atoms with E-state index in [2.05, 4.69) is 32.1 Å². The zero-order valence-corrected chi connectivity index (χ0v) is 22.4. The molecule has 1 aromatic carbocycles. The maximum Gasteiger partial charge on any atom is 0.255 e. The highest BCUT2D eigenvalue weighted by Crippen LogP contribution is 2.39. The molecule has 4 aromatic rings. The second kappa shape index (κ2) is 9.73. The van der Waals surface area contributed by atoms with E-state index in [9.17, 15) is 24.3 Å². The molecule has 0 aliphatic carbocycles. The number of benzene rings is 1. The predicted octanol–water partition coefficient (Wildman–Crippen LogP) is 4.08. The molecule has 0 spiro atoms. The maximum atomic E-state index is 14.4. The minimum absolute atomic E-state index is 0.106. The molecule has 0 radical (unpaired) electrons. The van der Waals surface area contributed by atoms with Gasteiger partial charge in [0.15, 0.2) is 0 Å². The van der Waals surface area contributed by atoms with E-state index in [0.717, 1.165) is 11.3 Å². The molecule has 5 rings (SSSR count). The summed E-state index contributed by atoms with van der Waals surface area (Å²) < 4.78 is 16.0. The first-order valence-corrected chi connectivity index (χ1v) is 12.6. The summed E-state index contributed by atoms with van der Waals surface area (Å²) >= 11 is 0. The standard InChI is InChI=1S/C29H28FN7O3/c1-28(2)20-10-17(5-7-21(20)36-27(28)39)35-22-11-23(24-8-6-18-9-16(12-31)13-34-37(18)24)32-14-19(22)26(38)33-15-25(30)29(3,4)40/h5-11,13-14,25,40H,15H2,1-4H3,(H,32,35)(H,33,38)(H,36,39). The van der Waals surface area contributed by atoms with E-state index in [-0.39, 0.29) is 11.5 Å². The number of carbonyl (C=O) groups excluding carboxylic acids is 2. The van der Waals surface area contributed by atoms with Gasteiger partial charge in [-0.1, -0.05) is 0 Å². The van der Waals surface area contributed by atoms with E-state index in [1.807, 2.05) is 32.0 Å². The van der Waals surface area contributed by atoms with E-state index in [1.165, 1.54) is 26.2 Å². The fourth-order valence-corrected chi connectivity index (χ4v) is 4.47. The normalized spacial score (nSPS) is 14.8. The predicted molar refractivity (Wildman–Crippen MR) is 148 cm³/mol. The molecule has 1 aliphatic rings. The van der Waals surface area contributed by atoms with Crippen molar-refractivity contribution in [1.82, 2.24) is 19.9 Å². The number of alkyl halides is 1. The van der Waals surface area contributed by atoms with Crippen molar-refractivity contribution in [1.29, 1.82) is 5.26 Å². The second-order valence-electron chi connectivity index (χ2n) is 10.8. The van der Waals surface area contributed by atoms with Crippen molar-refractivity contribution in [3.63, 3.8) is 0 Å². The molecular formula is C29H28FN7O3. The summed E-state index contributed by atoms with van der Waals surface area (Å²) in [6.07, 6.45) is 1.16. The fourth-order valence-electron chi connectivity index (χ4n) is 4.47. The average molecular weight is 542 g/mol. The van der Waals surface area contributed by atoms with Crippen LogP contribution in [-0.4, -0.2) is 49.8 Å². The minimum atomic E-state index is -1.68. The van der Waals surface area contributed by atoms with Gasteiger partial charge in [-0.2, -0.15) is 10.4 Å². The molecule has 2 amide bonds. The number of pyridine rings is 1. The molecule has 1 atom stereocenters. The zero-order chi connectivity index (χ0) is 28.8. The summed E-state index contributed by atoms with van der Waals surface area (Å²) in [5, 5.41) is 32.1. The van der Waals surface area contributed by atoms with Crippen molar-refractivity contribution in [2.75, 3.05) is 17.2 Å². The van der Waals surface area contributed by atoms with Crippen LogP contribution in [0.1, 0.15) is 49.2 Å². The van der Waals surface area contributed by atoms with Crippen LogP contribution in [-0.2, 0) is 10.2 Å². The van der Waals surface area contributed by atoms with Gasteiger partial charge in [0.2, 0.25) is 5.91 Å². The number of nitrogens with zero attached hydrogens (tertiary/aromatic N) is 4. The molecule has 204 valence electrons. The summed E-state index contributed by atoms with van der Waals surface area (Å²) in [6.45, 7) is 5.94. The summed E-state index contributed by atoms with van der Waals surface area (Å²) in [5.41, 5.74) is 2.60. The molecule has 1 aliphatic heterocycles. The Morgan fingerprint density at radius 2 is 2.00 bits per heavy atom. The van der Waals surface area contributed by atoms with Crippen LogP contribution in [0.15, 0.2) is 54.9 Å². The van der Waals surface area contributed by atoms with Crippen molar-refractivity contribution >= 4 is 34.4 Å². The van der Waals surface area contributed by atoms with E-state index in [1.54, 1.807) is 28.8 Å². The van der Waals surface area contributed by atoms with Crippen LogP contribution >= 0.6 is 0 Å². The number of hydrogen-bond acceptors (Lipinski definition) is 7. The number of halogens is 1. The highest BCUT2D eigenvalue weighted by Gasteiger charge is 2.38. The van der Waals surface area contributed by atoms with E-state index >= 15 is 0 Å². The highest BCUT2D eigenvalue weighted by atomic mass is 19.1. The number of aromatic nitrogens is 3. The average Bonchev–Trinajstić information content (AvgIpc) is 3.43. The molecule has 1 unspecified atom stereocenters. The van der Waals surface area contributed by atoms with Gasteiger partial charge < -0.3 is 21.1 Å². The lowest BCUT2D eigenvalue weighted by Crippen LogP contribution is -2.42. The van der Waals surface area contributed by atoms with E-state index < -0.39 is 29.6 Å². The van der Waals surface area contributed by atoms with Crippen LogP contribution < -0.4 is 16.0 Å². The maximum absolute atomic E-state index is 14.4. The molecular weight excluding hydrogens is 513 g/mol. The number of nitriles is 1. The van der Waals surface area contributed by atoms with Crippen LogP contribution in [0.5, 0.6) is 0 Å². The zero-order valence-electron chi connectivity index (χ0n) is 22.4. The van der Waals surface area contributed by atoms with Gasteiger partial charge in [0.1, 0.15) is 12.2 Å². The molecule has 11 heteroatoms.